The van der Waals surface area contributed by atoms with Gasteiger partial charge in [0.05, 0.1) is 18.8 Å². The largest absolute Gasteiger partial charge is 0.376 e. The molecule has 3 N–H and O–H groups in total. The molecule has 1 aromatic carbocycles. The Hall–Kier alpha value is -2.58. The molecule has 3 amide bonds. The van der Waals surface area contributed by atoms with Gasteiger partial charge in [0.1, 0.15) is 5.00 Å². The summed E-state index contributed by atoms with van der Waals surface area (Å²) in [6.45, 7) is 3.83. The van der Waals surface area contributed by atoms with Gasteiger partial charge in [0.2, 0.25) is 0 Å². The van der Waals surface area contributed by atoms with Crippen LogP contribution in [0.15, 0.2) is 30.3 Å². The normalized spacial score (nSPS) is 16.7. The number of hydrogen-bond acceptors (Lipinski definition) is 5. The maximum Gasteiger partial charge on any atom is 0.322 e. The summed E-state index contributed by atoms with van der Waals surface area (Å²) in [6, 6.07) is 9.99. The van der Waals surface area contributed by atoms with Crippen molar-refractivity contribution in [3.05, 3.63) is 46.3 Å². The van der Waals surface area contributed by atoms with Gasteiger partial charge >= 0.3 is 6.03 Å². The SMILES string of the molecule is NC(=O)c1c(NC(=O)N2CCN(c3ccccc3)CC2)sc2c1CCOC2. The van der Waals surface area contributed by atoms with Gasteiger partial charge in [-0.2, -0.15) is 0 Å². The average Bonchev–Trinajstić information content (AvgIpc) is 3.06. The lowest BCUT2D eigenvalue weighted by molar-refractivity contribution is 0.0991. The van der Waals surface area contributed by atoms with Gasteiger partial charge in [-0.25, -0.2) is 4.79 Å². The third-order valence-corrected chi connectivity index (χ3v) is 6.10. The number of rotatable bonds is 3. The molecule has 0 saturated carbocycles. The van der Waals surface area contributed by atoms with E-state index < -0.39 is 5.91 Å². The summed E-state index contributed by atoms with van der Waals surface area (Å²) in [5.74, 6) is -0.501. The van der Waals surface area contributed by atoms with E-state index in [0.717, 1.165) is 23.5 Å². The van der Waals surface area contributed by atoms with Crippen LogP contribution in [0.2, 0.25) is 0 Å². The number of para-hydroxylation sites is 1. The molecule has 2 aliphatic heterocycles. The van der Waals surface area contributed by atoms with Crippen molar-refractivity contribution in [1.29, 1.82) is 0 Å². The van der Waals surface area contributed by atoms with Crippen molar-refractivity contribution in [3.8, 4) is 0 Å². The number of nitrogens with two attached hydrogens (primary N) is 1. The first kappa shape index (κ1) is 17.8. The van der Waals surface area contributed by atoms with E-state index in [1.807, 2.05) is 18.2 Å². The Balaban J connectivity index is 1.43. The highest BCUT2D eigenvalue weighted by molar-refractivity contribution is 7.17. The average molecular weight is 386 g/mol. The Labute approximate surface area is 161 Å². The van der Waals surface area contributed by atoms with Crippen LogP contribution in [0.5, 0.6) is 0 Å². The number of primary amides is 1. The van der Waals surface area contributed by atoms with Gasteiger partial charge in [0, 0.05) is 36.7 Å². The van der Waals surface area contributed by atoms with Crippen molar-refractivity contribution in [2.75, 3.05) is 43.0 Å². The molecule has 0 aliphatic carbocycles. The van der Waals surface area contributed by atoms with Crippen LogP contribution >= 0.6 is 11.3 Å². The third kappa shape index (κ3) is 3.63. The maximum absolute atomic E-state index is 12.7. The number of nitrogens with zero attached hydrogens (tertiary/aromatic N) is 2. The van der Waals surface area contributed by atoms with Gasteiger partial charge in [0.15, 0.2) is 0 Å². The number of anilines is 2. The van der Waals surface area contributed by atoms with E-state index in [0.29, 0.717) is 43.3 Å². The molecule has 0 spiro atoms. The van der Waals surface area contributed by atoms with E-state index >= 15 is 0 Å². The predicted octanol–water partition coefficient (Wildman–Crippen LogP) is 2.27. The molecule has 0 radical (unpaired) electrons. The highest BCUT2D eigenvalue weighted by Gasteiger charge is 2.27. The first-order valence-electron chi connectivity index (χ1n) is 9.01. The van der Waals surface area contributed by atoms with E-state index in [1.165, 1.54) is 17.0 Å². The van der Waals surface area contributed by atoms with Crippen LogP contribution in [-0.2, 0) is 17.8 Å². The monoisotopic (exact) mass is 386 g/mol. The number of benzene rings is 1. The standard InChI is InChI=1S/C19H22N4O3S/c20-17(24)16-14-6-11-26-12-15(14)27-18(16)21-19(25)23-9-7-22(8-10-23)13-4-2-1-3-5-13/h1-5H,6-12H2,(H2,20,24)(H,21,25). The van der Waals surface area contributed by atoms with Crippen molar-refractivity contribution in [1.82, 2.24) is 4.90 Å². The van der Waals surface area contributed by atoms with Crippen LogP contribution in [0.4, 0.5) is 15.5 Å². The van der Waals surface area contributed by atoms with E-state index in [4.69, 9.17) is 10.5 Å². The summed E-state index contributed by atoms with van der Waals surface area (Å²) in [7, 11) is 0. The van der Waals surface area contributed by atoms with Gasteiger partial charge < -0.3 is 20.3 Å². The summed E-state index contributed by atoms with van der Waals surface area (Å²) >= 11 is 1.39. The lowest BCUT2D eigenvalue weighted by atomic mass is 10.1. The van der Waals surface area contributed by atoms with E-state index in [-0.39, 0.29) is 6.03 Å². The van der Waals surface area contributed by atoms with Crippen LogP contribution in [0, 0.1) is 0 Å². The number of thiophene rings is 1. The predicted molar refractivity (Wildman–Crippen MR) is 105 cm³/mol. The fourth-order valence-corrected chi connectivity index (χ4v) is 4.74. The molecular weight excluding hydrogens is 364 g/mol. The maximum atomic E-state index is 12.7. The number of ether oxygens (including phenoxy) is 1. The van der Waals surface area contributed by atoms with Gasteiger partial charge in [0.25, 0.3) is 5.91 Å². The van der Waals surface area contributed by atoms with Crippen molar-refractivity contribution >= 4 is 34.0 Å². The number of carbonyl (C=O) groups excluding carboxylic acids is 2. The lowest BCUT2D eigenvalue weighted by Crippen LogP contribution is -2.50. The Morgan fingerprint density at radius 3 is 2.56 bits per heavy atom. The van der Waals surface area contributed by atoms with E-state index in [9.17, 15) is 9.59 Å². The summed E-state index contributed by atoms with van der Waals surface area (Å²) < 4.78 is 5.45. The van der Waals surface area contributed by atoms with Gasteiger partial charge in [-0.3, -0.25) is 10.1 Å². The molecule has 4 rings (SSSR count). The molecule has 3 heterocycles. The zero-order chi connectivity index (χ0) is 18.8. The quantitative estimate of drug-likeness (QED) is 0.847. The summed E-state index contributed by atoms with van der Waals surface area (Å²) in [5.41, 5.74) is 8.10. The van der Waals surface area contributed by atoms with Crippen LogP contribution in [0.1, 0.15) is 20.8 Å². The van der Waals surface area contributed by atoms with Gasteiger partial charge in [-0.05, 0) is 24.1 Å². The van der Waals surface area contributed by atoms with Crippen molar-refractivity contribution < 1.29 is 14.3 Å². The highest BCUT2D eigenvalue weighted by Crippen LogP contribution is 2.36. The number of piperazine rings is 1. The second kappa shape index (κ2) is 7.58. The molecule has 8 heteroatoms. The molecular formula is C19H22N4O3S. The number of hydrogen-bond donors (Lipinski definition) is 2. The molecule has 0 bridgehead atoms. The van der Waals surface area contributed by atoms with Crippen LogP contribution in [0.25, 0.3) is 0 Å². The number of amides is 3. The number of carbonyl (C=O) groups is 2. The molecule has 0 atom stereocenters. The third-order valence-electron chi connectivity index (χ3n) is 4.98. The molecule has 7 nitrogen and oxygen atoms in total. The fraction of sp³-hybridized carbons (Fsp3) is 0.368. The second-order valence-electron chi connectivity index (χ2n) is 6.61. The molecule has 1 fully saturated rings. The lowest BCUT2D eigenvalue weighted by Gasteiger charge is -2.36. The summed E-state index contributed by atoms with van der Waals surface area (Å²) in [5, 5.41) is 3.44. The minimum absolute atomic E-state index is 0.190. The minimum Gasteiger partial charge on any atom is -0.376 e. The second-order valence-corrected chi connectivity index (χ2v) is 7.72. The molecule has 142 valence electrons. The number of urea groups is 1. The van der Waals surface area contributed by atoms with Crippen LogP contribution < -0.4 is 16.0 Å². The Morgan fingerprint density at radius 1 is 1.11 bits per heavy atom. The number of fused-ring (bicyclic) bond motifs is 1. The Kier molecular flexibility index (Phi) is 5.00. The van der Waals surface area contributed by atoms with Crippen molar-refractivity contribution in [3.63, 3.8) is 0 Å². The molecule has 27 heavy (non-hydrogen) atoms. The fourth-order valence-electron chi connectivity index (χ4n) is 3.56. The van der Waals surface area contributed by atoms with Crippen LogP contribution in [-0.4, -0.2) is 49.6 Å². The van der Waals surface area contributed by atoms with Crippen LogP contribution in [0.3, 0.4) is 0 Å². The summed E-state index contributed by atoms with van der Waals surface area (Å²) in [4.78, 5) is 29.7. The van der Waals surface area contributed by atoms with Gasteiger partial charge in [-0.1, -0.05) is 18.2 Å². The molecule has 2 aromatic rings. The molecule has 0 unspecified atom stereocenters. The minimum atomic E-state index is -0.501. The molecule has 1 aromatic heterocycles. The van der Waals surface area contributed by atoms with Gasteiger partial charge in [-0.15, -0.1) is 11.3 Å². The van der Waals surface area contributed by atoms with Crippen molar-refractivity contribution in [2.24, 2.45) is 5.73 Å². The smallest absolute Gasteiger partial charge is 0.322 e. The first-order valence-corrected chi connectivity index (χ1v) is 9.83. The zero-order valence-electron chi connectivity index (χ0n) is 14.9. The molecule has 2 aliphatic rings. The Bertz CT molecular complexity index is 844. The zero-order valence-corrected chi connectivity index (χ0v) is 15.8. The highest BCUT2D eigenvalue weighted by atomic mass is 32.1. The summed E-state index contributed by atoms with van der Waals surface area (Å²) in [6.07, 6.45) is 0.649. The first-order chi connectivity index (χ1) is 13.1. The van der Waals surface area contributed by atoms with E-state index in [2.05, 4.69) is 22.3 Å². The van der Waals surface area contributed by atoms with E-state index in [1.54, 1.807) is 4.90 Å². The topological polar surface area (TPSA) is 87.9 Å². The van der Waals surface area contributed by atoms with Crippen molar-refractivity contribution in [2.45, 2.75) is 13.0 Å². The Morgan fingerprint density at radius 2 is 1.85 bits per heavy atom. The number of nitrogens with one attached hydrogen (secondary N) is 1. The molecule has 1 saturated heterocycles.